The van der Waals surface area contributed by atoms with Gasteiger partial charge in [-0.05, 0) is 55.0 Å². The van der Waals surface area contributed by atoms with E-state index in [2.05, 4.69) is 49.4 Å². The van der Waals surface area contributed by atoms with E-state index in [1.807, 2.05) is 18.2 Å². The van der Waals surface area contributed by atoms with Gasteiger partial charge in [-0.3, -0.25) is 4.79 Å². The van der Waals surface area contributed by atoms with Gasteiger partial charge in [-0.2, -0.15) is 0 Å². The Morgan fingerprint density at radius 1 is 0.966 bits per heavy atom. The summed E-state index contributed by atoms with van der Waals surface area (Å²) in [6.45, 7) is 1.50. The highest BCUT2D eigenvalue weighted by Crippen LogP contribution is 2.21. The summed E-state index contributed by atoms with van der Waals surface area (Å²) in [6, 6.07) is 16.2. The van der Waals surface area contributed by atoms with Gasteiger partial charge in [0.05, 0.1) is 5.92 Å². The van der Waals surface area contributed by atoms with Crippen LogP contribution in [0.5, 0.6) is 0 Å². The first kappa shape index (κ1) is 19.1. The number of rotatable bonds is 6. The van der Waals surface area contributed by atoms with Gasteiger partial charge in [0, 0.05) is 31.7 Å². The Labute approximate surface area is 171 Å². The number of aromatic nitrogens is 3. The Hall–Kier alpha value is -3.28. The number of benzene rings is 1. The molecule has 1 aliphatic rings. The minimum absolute atomic E-state index is 0.0124. The molecule has 0 bridgehead atoms. The van der Waals surface area contributed by atoms with Crippen molar-refractivity contribution in [3.05, 3.63) is 78.2 Å². The summed E-state index contributed by atoms with van der Waals surface area (Å²) in [7, 11) is 0. The monoisotopic (exact) mass is 387 g/mol. The highest BCUT2D eigenvalue weighted by molar-refractivity contribution is 5.92. The number of piperidine rings is 1. The van der Waals surface area contributed by atoms with E-state index < -0.39 is 0 Å². The second-order valence-corrected chi connectivity index (χ2v) is 7.36. The maximum Gasteiger partial charge on any atom is 0.230 e. The number of pyridine rings is 1. The maximum atomic E-state index is 12.8. The van der Waals surface area contributed by atoms with Gasteiger partial charge in [0.25, 0.3) is 0 Å². The molecule has 0 radical (unpaired) electrons. The van der Waals surface area contributed by atoms with Crippen LogP contribution in [0.15, 0.2) is 67.1 Å². The fourth-order valence-electron chi connectivity index (χ4n) is 3.69. The summed E-state index contributed by atoms with van der Waals surface area (Å²) in [5.74, 6) is 1.22. The van der Waals surface area contributed by atoms with Gasteiger partial charge in [0.2, 0.25) is 11.9 Å². The van der Waals surface area contributed by atoms with E-state index in [9.17, 15) is 4.79 Å². The zero-order valence-electron chi connectivity index (χ0n) is 16.4. The van der Waals surface area contributed by atoms with E-state index in [1.165, 1.54) is 11.1 Å². The molecule has 4 rings (SSSR count). The number of anilines is 2. The summed E-state index contributed by atoms with van der Waals surface area (Å²) in [5.41, 5.74) is 2.47. The van der Waals surface area contributed by atoms with Gasteiger partial charge in [0.1, 0.15) is 5.82 Å². The van der Waals surface area contributed by atoms with Crippen LogP contribution in [0.3, 0.4) is 0 Å². The molecule has 1 N–H and O–H groups in total. The number of carbonyl (C=O) groups is 1. The molecule has 6 heteroatoms. The average Bonchev–Trinajstić information content (AvgIpc) is 2.79. The summed E-state index contributed by atoms with van der Waals surface area (Å²) in [4.78, 5) is 27.8. The molecule has 0 unspecified atom stereocenters. The second-order valence-electron chi connectivity index (χ2n) is 7.36. The molecule has 0 saturated carbocycles. The zero-order valence-corrected chi connectivity index (χ0v) is 16.4. The Kier molecular flexibility index (Phi) is 6.10. The van der Waals surface area contributed by atoms with Crippen molar-refractivity contribution in [2.24, 2.45) is 5.92 Å². The van der Waals surface area contributed by atoms with Crippen molar-refractivity contribution < 1.29 is 4.79 Å². The standard InChI is InChI=1S/C23H25N5O/c29-22(20-8-4-15-28(17-20)23-25-12-5-13-26-23)27-21-16-19(11-14-24-21)10-9-18-6-2-1-3-7-18/h1-3,5-7,11-14,16,20H,4,8-10,15,17H2,(H,24,27,29)/t20-/m1/s1. The largest absolute Gasteiger partial charge is 0.340 e. The molecule has 1 amide bonds. The number of nitrogens with zero attached hydrogens (tertiary/aromatic N) is 4. The van der Waals surface area contributed by atoms with E-state index in [0.29, 0.717) is 18.3 Å². The van der Waals surface area contributed by atoms with Crippen molar-refractivity contribution in [3.63, 3.8) is 0 Å². The fraction of sp³-hybridized carbons (Fsp3) is 0.304. The van der Waals surface area contributed by atoms with Gasteiger partial charge in [0.15, 0.2) is 0 Å². The molecule has 3 aromatic rings. The highest BCUT2D eigenvalue weighted by atomic mass is 16.2. The molecular weight excluding hydrogens is 362 g/mol. The molecule has 1 fully saturated rings. The summed E-state index contributed by atoms with van der Waals surface area (Å²) in [5, 5.41) is 3.00. The highest BCUT2D eigenvalue weighted by Gasteiger charge is 2.27. The van der Waals surface area contributed by atoms with Crippen molar-refractivity contribution in [3.8, 4) is 0 Å². The Morgan fingerprint density at radius 3 is 2.59 bits per heavy atom. The topological polar surface area (TPSA) is 71.0 Å². The second kappa shape index (κ2) is 9.28. The number of amides is 1. The first-order valence-electron chi connectivity index (χ1n) is 10.1. The molecule has 0 aliphatic carbocycles. The van der Waals surface area contributed by atoms with E-state index in [0.717, 1.165) is 32.2 Å². The molecule has 0 spiro atoms. The smallest absolute Gasteiger partial charge is 0.230 e. The van der Waals surface area contributed by atoms with Crippen LogP contribution in [0, 0.1) is 5.92 Å². The van der Waals surface area contributed by atoms with Crippen LogP contribution in [0.1, 0.15) is 24.0 Å². The number of nitrogens with one attached hydrogen (secondary N) is 1. The van der Waals surface area contributed by atoms with Crippen LogP contribution in [0.25, 0.3) is 0 Å². The van der Waals surface area contributed by atoms with Crippen molar-refractivity contribution in [1.29, 1.82) is 0 Å². The van der Waals surface area contributed by atoms with Crippen LogP contribution >= 0.6 is 0 Å². The summed E-state index contributed by atoms with van der Waals surface area (Å²) in [6.07, 6.45) is 8.92. The van der Waals surface area contributed by atoms with Gasteiger partial charge in [-0.25, -0.2) is 15.0 Å². The third-order valence-electron chi connectivity index (χ3n) is 5.25. The average molecular weight is 387 g/mol. The van der Waals surface area contributed by atoms with Gasteiger partial charge < -0.3 is 10.2 Å². The molecule has 6 nitrogen and oxygen atoms in total. The third kappa shape index (κ3) is 5.16. The van der Waals surface area contributed by atoms with Crippen LogP contribution < -0.4 is 10.2 Å². The van der Waals surface area contributed by atoms with E-state index in [-0.39, 0.29) is 11.8 Å². The number of hydrogen-bond donors (Lipinski definition) is 1. The summed E-state index contributed by atoms with van der Waals surface area (Å²) < 4.78 is 0. The Balaban J connectivity index is 1.35. The predicted octanol–water partition coefficient (Wildman–Crippen LogP) is 3.51. The number of aryl methyl sites for hydroxylation is 2. The van der Waals surface area contributed by atoms with Crippen molar-refractivity contribution in [2.75, 3.05) is 23.3 Å². The fourth-order valence-corrected chi connectivity index (χ4v) is 3.69. The minimum Gasteiger partial charge on any atom is -0.340 e. The van der Waals surface area contributed by atoms with E-state index in [4.69, 9.17) is 0 Å². The molecule has 3 heterocycles. The van der Waals surface area contributed by atoms with Crippen LogP contribution in [0.2, 0.25) is 0 Å². The van der Waals surface area contributed by atoms with Crippen LogP contribution in [-0.2, 0) is 17.6 Å². The quantitative estimate of drug-likeness (QED) is 0.701. The molecule has 148 valence electrons. The first-order chi connectivity index (χ1) is 14.3. The van der Waals surface area contributed by atoms with Crippen molar-refractivity contribution in [2.45, 2.75) is 25.7 Å². The summed E-state index contributed by atoms with van der Waals surface area (Å²) >= 11 is 0. The van der Waals surface area contributed by atoms with Crippen LogP contribution in [0.4, 0.5) is 11.8 Å². The Morgan fingerprint density at radius 2 is 1.76 bits per heavy atom. The van der Waals surface area contributed by atoms with Crippen molar-refractivity contribution >= 4 is 17.7 Å². The number of carbonyl (C=O) groups excluding carboxylic acids is 1. The van der Waals surface area contributed by atoms with Gasteiger partial charge in [-0.15, -0.1) is 0 Å². The lowest BCUT2D eigenvalue weighted by atomic mass is 9.97. The van der Waals surface area contributed by atoms with E-state index in [1.54, 1.807) is 24.7 Å². The Bertz CT molecular complexity index is 932. The molecule has 1 aromatic carbocycles. The molecule has 1 saturated heterocycles. The zero-order chi connectivity index (χ0) is 19.9. The molecule has 29 heavy (non-hydrogen) atoms. The molecule has 1 aliphatic heterocycles. The lowest BCUT2D eigenvalue weighted by Gasteiger charge is -2.31. The lowest BCUT2D eigenvalue weighted by Crippen LogP contribution is -2.41. The molecule has 1 atom stereocenters. The SMILES string of the molecule is O=C(Nc1cc(CCc2ccccc2)ccn1)[C@@H]1CCCN(c2ncccn2)C1. The maximum absolute atomic E-state index is 12.8. The van der Waals surface area contributed by atoms with E-state index >= 15 is 0 Å². The van der Waals surface area contributed by atoms with Crippen LogP contribution in [-0.4, -0.2) is 33.9 Å². The van der Waals surface area contributed by atoms with Gasteiger partial charge in [-0.1, -0.05) is 30.3 Å². The minimum atomic E-state index is -0.0951. The molecular formula is C23H25N5O. The predicted molar refractivity (Wildman–Crippen MR) is 114 cm³/mol. The normalized spacial score (nSPS) is 16.4. The molecule has 2 aromatic heterocycles. The van der Waals surface area contributed by atoms with Gasteiger partial charge >= 0.3 is 0 Å². The van der Waals surface area contributed by atoms with Crippen molar-refractivity contribution in [1.82, 2.24) is 15.0 Å². The first-order valence-corrected chi connectivity index (χ1v) is 10.1. The lowest BCUT2D eigenvalue weighted by molar-refractivity contribution is -0.120. The third-order valence-corrected chi connectivity index (χ3v) is 5.25. The number of hydrogen-bond acceptors (Lipinski definition) is 5.